The van der Waals surface area contributed by atoms with Crippen LogP contribution >= 0.6 is 0 Å². The van der Waals surface area contributed by atoms with Gasteiger partial charge in [0, 0.05) is 12.6 Å². The second kappa shape index (κ2) is 10.8. The van der Waals surface area contributed by atoms with Gasteiger partial charge in [-0.25, -0.2) is 4.39 Å². The quantitative estimate of drug-likeness (QED) is 0.519. The fourth-order valence-electron chi connectivity index (χ4n) is 2.67. The lowest BCUT2D eigenvalue weighted by molar-refractivity contribution is 0.482. The Morgan fingerprint density at radius 3 is 2.19 bits per heavy atom. The first-order valence-electron chi connectivity index (χ1n) is 8.62. The monoisotopic (exact) mass is 293 g/mol. The van der Waals surface area contributed by atoms with Gasteiger partial charge in [-0.3, -0.25) is 0 Å². The minimum absolute atomic E-state index is 0.145. The lowest BCUT2D eigenvalue weighted by Gasteiger charge is -2.20. The van der Waals surface area contributed by atoms with Crippen LogP contribution in [0.2, 0.25) is 0 Å². The molecular formula is C19H32FN. The summed E-state index contributed by atoms with van der Waals surface area (Å²) >= 11 is 0. The van der Waals surface area contributed by atoms with Crippen LogP contribution < -0.4 is 5.32 Å². The van der Waals surface area contributed by atoms with Crippen molar-refractivity contribution >= 4 is 0 Å². The SMILES string of the molecule is CCCCCCCCC(CNC(C)C)c1ccc(F)cc1. The van der Waals surface area contributed by atoms with Gasteiger partial charge >= 0.3 is 0 Å². The maximum absolute atomic E-state index is 13.1. The zero-order valence-electron chi connectivity index (χ0n) is 14.0. The number of rotatable bonds is 11. The fraction of sp³-hybridized carbons (Fsp3) is 0.684. The number of hydrogen-bond donors (Lipinski definition) is 1. The van der Waals surface area contributed by atoms with E-state index in [2.05, 4.69) is 26.1 Å². The van der Waals surface area contributed by atoms with Crippen molar-refractivity contribution in [3.05, 3.63) is 35.6 Å². The summed E-state index contributed by atoms with van der Waals surface area (Å²) in [5.74, 6) is 0.355. The van der Waals surface area contributed by atoms with Crippen molar-refractivity contribution in [2.75, 3.05) is 6.54 Å². The van der Waals surface area contributed by atoms with Gasteiger partial charge in [0.05, 0.1) is 0 Å². The summed E-state index contributed by atoms with van der Waals surface area (Å²) in [6.07, 6.45) is 9.15. The van der Waals surface area contributed by atoms with Crippen LogP contribution in [0.1, 0.15) is 77.2 Å². The predicted octanol–water partition coefficient (Wildman–Crippen LogP) is 5.66. The van der Waals surface area contributed by atoms with E-state index in [9.17, 15) is 4.39 Å². The highest BCUT2D eigenvalue weighted by Gasteiger charge is 2.12. The van der Waals surface area contributed by atoms with E-state index in [1.165, 1.54) is 50.5 Å². The molecule has 0 saturated heterocycles. The lowest BCUT2D eigenvalue weighted by Crippen LogP contribution is -2.28. The van der Waals surface area contributed by atoms with E-state index in [0.29, 0.717) is 12.0 Å². The second-order valence-electron chi connectivity index (χ2n) is 6.37. The zero-order valence-corrected chi connectivity index (χ0v) is 14.0. The predicted molar refractivity (Wildman–Crippen MR) is 90.3 cm³/mol. The average Bonchev–Trinajstić information content (AvgIpc) is 2.46. The van der Waals surface area contributed by atoms with Gasteiger partial charge in [-0.2, -0.15) is 0 Å². The van der Waals surface area contributed by atoms with Gasteiger partial charge in [0.25, 0.3) is 0 Å². The third-order valence-electron chi connectivity index (χ3n) is 4.02. The summed E-state index contributed by atoms with van der Waals surface area (Å²) < 4.78 is 13.1. The summed E-state index contributed by atoms with van der Waals surface area (Å²) in [7, 11) is 0. The molecule has 1 aromatic carbocycles. The number of halogens is 1. The molecule has 0 heterocycles. The number of unbranched alkanes of at least 4 members (excludes halogenated alkanes) is 5. The largest absolute Gasteiger partial charge is 0.314 e. The molecule has 0 spiro atoms. The third kappa shape index (κ3) is 8.21. The molecule has 1 atom stereocenters. The van der Waals surface area contributed by atoms with Crippen molar-refractivity contribution < 1.29 is 4.39 Å². The van der Waals surface area contributed by atoms with Gasteiger partial charge < -0.3 is 5.32 Å². The molecule has 1 rings (SSSR count). The number of hydrogen-bond acceptors (Lipinski definition) is 1. The highest BCUT2D eigenvalue weighted by molar-refractivity contribution is 5.20. The zero-order chi connectivity index (χ0) is 15.5. The standard InChI is InChI=1S/C19H32FN/c1-4-5-6-7-8-9-10-18(15-21-16(2)3)17-11-13-19(20)14-12-17/h11-14,16,18,21H,4-10,15H2,1-3H3. The van der Waals surface area contributed by atoms with Crippen molar-refractivity contribution in [2.24, 2.45) is 0 Å². The Morgan fingerprint density at radius 1 is 0.952 bits per heavy atom. The lowest BCUT2D eigenvalue weighted by atomic mass is 9.92. The van der Waals surface area contributed by atoms with Gasteiger partial charge in [-0.05, 0) is 30.0 Å². The van der Waals surface area contributed by atoms with E-state index >= 15 is 0 Å². The molecule has 0 aromatic heterocycles. The van der Waals surface area contributed by atoms with E-state index < -0.39 is 0 Å². The molecule has 0 amide bonds. The molecule has 1 nitrogen and oxygen atoms in total. The molecular weight excluding hydrogens is 261 g/mol. The molecule has 1 N–H and O–H groups in total. The molecule has 21 heavy (non-hydrogen) atoms. The van der Waals surface area contributed by atoms with Gasteiger partial charge in [-0.1, -0.05) is 71.4 Å². The van der Waals surface area contributed by atoms with Crippen LogP contribution in [0.4, 0.5) is 4.39 Å². The van der Waals surface area contributed by atoms with Crippen LogP contribution in [-0.2, 0) is 0 Å². The van der Waals surface area contributed by atoms with E-state index in [0.717, 1.165) is 6.54 Å². The van der Waals surface area contributed by atoms with Crippen molar-refractivity contribution in [2.45, 2.75) is 77.7 Å². The molecule has 0 radical (unpaired) electrons. The Balaban J connectivity index is 2.42. The topological polar surface area (TPSA) is 12.0 Å². The minimum Gasteiger partial charge on any atom is -0.314 e. The van der Waals surface area contributed by atoms with E-state index in [4.69, 9.17) is 0 Å². The maximum atomic E-state index is 13.1. The highest BCUT2D eigenvalue weighted by Crippen LogP contribution is 2.23. The van der Waals surface area contributed by atoms with E-state index in [1.807, 2.05) is 12.1 Å². The summed E-state index contributed by atoms with van der Waals surface area (Å²) in [6.45, 7) is 7.58. The molecule has 2 heteroatoms. The fourth-order valence-corrected chi connectivity index (χ4v) is 2.67. The highest BCUT2D eigenvalue weighted by atomic mass is 19.1. The second-order valence-corrected chi connectivity index (χ2v) is 6.37. The normalized spacial score (nSPS) is 12.8. The molecule has 0 aliphatic heterocycles. The van der Waals surface area contributed by atoms with Crippen LogP contribution in [0.15, 0.2) is 24.3 Å². The first-order valence-corrected chi connectivity index (χ1v) is 8.62. The first-order chi connectivity index (χ1) is 10.1. The van der Waals surface area contributed by atoms with Gasteiger partial charge in [-0.15, -0.1) is 0 Å². The molecule has 0 aliphatic carbocycles. The van der Waals surface area contributed by atoms with Crippen molar-refractivity contribution in [3.8, 4) is 0 Å². The molecule has 0 saturated carbocycles. The summed E-state index contributed by atoms with van der Waals surface area (Å²) in [4.78, 5) is 0. The molecule has 0 bridgehead atoms. The van der Waals surface area contributed by atoms with Crippen LogP contribution in [0, 0.1) is 5.82 Å². The summed E-state index contributed by atoms with van der Waals surface area (Å²) in [5, 5.41) is 3.53. The summed E-state index contributed by atoms with van der Waals surface area (Å²) in [6, 6.07) is 7.55. The van der Waals surface area contributed by atoms with Crippen LogP contribution in [-0.4, -0.2) is 12.6 Å². The third-order valence-corrected chi connectivity index (χ3v) is 4.02. The molecule has 0 fully saturated rings. The van der Waals surface area contributed by atoms with Crippen LogP contribution in [0.5, 0.6) is 0 Å². The number of benzene rings is 1. The van der Waals surface area contributed by atoms with E-state index in [-0.39, 0.29) is 5.82 Å². The maximum Gasteiger partial charge on any atom is 0.123 e. The molecule has 1 unspecified atom stereocenters. The Morgan fingerprint density at radius 2 is 1.57 bits per heavy atom. The van der Waals surface area contributed by atoms with Crippen LogP contribution in [0.25, 0.3) is 0 Å². The van der Waals surface area contributed by atoms with Crippen molar-refractivity contribution in [1.82, 2.24) is 5.32 Å². The van der Waals surface area contributed by atoms with Crippen molar-refractivity contribution in [1.29, 1.82) is 0 Å². The van der Waals surface area contributed by atoms with Gasteiger partial charge in [0.15, 0.2) is 0 Å². The Bertz CT molecular complexity index is 358. The minimum atomic E-state index is -0.145. The molecule has 1 aromatic rings. The van der Waals surface area contributed by atoms with E-state index in [1.54, 1.807) is 12.1 Å². The van der Waals surface area contributed by atoms with Gasteiger partial charge in [0.2, 0.25) is 0 Å². The average molecular weight is 293 g/mol. The molecule has 0 aliphatic rings. The summed E-state index contributed by atoms with van der Waals surface area (Å²) in [5.41, 5.74) is 1.26. The first kappa shape index (κ1) is 18.2. The molecule has 120 valence electrons. The number of nitrogens with one attached hydrogen (secondary N) is 1. The Hall–Kier alpha value is -0.890. The van der Waals surface area contributed by atoms with Crippen LogP contribution in [0.3, 0.4) is 0 Å². The van der Waals surface area contributed by atoms with Crippen molar-refractivity contribution in [3.63, 3.8) is 0 Å². The smallest absolute Gasteiger partial charge is 0.123 e. The van der Waals surface area contributed by atoms with Gasteiger partial charge in [0.1, 0.15) is 5.82 Å². The Labute approximate surface area is 130 Å². The Kier molecular flexibility index (Phi) is 9.32.